The molecule has 0 aromatic carbocycles. The first kappa shape index (κ1) is 14.6. The first-order valence-corrected chi connectivity index (χ1v) is 6.91. The molecule has 3 nitrogen and oxygen atoms in total. The lowest BCUT2D eigenvalue weighted by molar-refractivity contribution is 0.0760. The molecule has 0 saturated heterocycles. The number of nitrogens with one attached hydrogen (secondary N) is 1. The van der Waals surface area contributed by atoms with Crippen LogP contribution in [-0.2, 0) is 11.3 Å². The molecule has 17 heavy (non-hydrogen) atoms. The van der Waals surface area contributed by atoms with Crippen LogP contribution in [0.5, 0.6) is 0 Å². The van der Waals surface area contributed by atoms with Crippen molar-refractivity contribution < 1.29 is 4.74 Å². The average Bonchev–Trinajstić information content (AvgIpc) is 2.27. The molecule has 0 bridgehead atoms. The second-order valence-corrected chi connectivity index (χ2v) is 5.07. The Morgan fingerprint density at radius 1 is 1.35 bits per heavy atom. The standard InChI is InChI=1S/C13H21BrN2O/c1-11(2)17-9-4-3-8-15-10-12-6-5-7-13(14)16-12/h5-7,11,15H,3-4,8-10H2,1-2H3. The minimum absolute atomic E-state index is 0.342. The van der Waals surface area contributed by atoms with Crippen molar-refractivity contribution >= 4 is 15.9 Å². The summed E-state index contributed by atoms with van der Waals surface area (Å²) in [4.78, 5) is 4.36. The molecule has 1 N–H and O–H groups in total. The third-order valence-electron chi connectivity index (χ3n) is 2.28. The molecule has 4 heteroatoms. The topological polar surface area (TPSA) is 34.1 Å². The number of nitrogens with zero attached hydrogens (tertiary/aromatic N) is 1. The fourth-order valence-electron chi connectivity index (χ4n) is 1.44. The molecule has 1 rings (SSSR count). The second kappa shape index (κ2) is 8.61. The van der Waals surface area contributed by atoms with Gasteiger partial charge in [0.25, 0.3) is 0 Å². The molecule has 0 atom stereocenters. The van der Waals surface area contributed by atoms with Gasteiger partial charge in [-0.2, -0.15) is 0 Å². The fraction of sp³-hybridized carbons (Fsp3) is 0.615. The molecule has 0 unspecified atom stereocenters. The van der Waals surface area contributed by atoms with Crippen molar-refractivity contribution in [2.45, 2.75) is 39.3 Å². The van der Waals surface area contributed by atoms with Crippen LogP contribution in [-0.4, -0.2) is 24.2 Å². The molecule has 0 radical (unpaired) electrons. The third kappa shape index (κ3) is 7.47. The molecule has 1 heterocycles. The molecule has 0 aliphatic heterocycles. The molecule has 0 amide bonds. The van der Waals surface area contributed by atoms with E-state index in [1.807, 2.05) is 18.2 Å². The first-order chi connectivity index (χ1) is 8.18. The maximum absolute atomic E-state index is 5.48. The number of pyridine rings is 1. The molecular weight excluding hydrogens is 280 g/mol. The van der Waals surface area contributed by atoms with E-state index in [2.05, 4.69) is 40.1 Å². The number of ether oxygens (including phenoxy) is 1. The van der Waals surface area contributed by atoms with E-state index < -0.39 is 0 Å². The predicted molar refractivity (Wildman–Crippen MR) is 74.0 cm³/mol. The number of rotatable bonds is 8. The van der Waals surface area contributed by atoms with Gasteiger partial charge in [0.2, 0.25) is 0 Å². The molecule has 0 saturated carbocycles. The van der Waals surface area contributed by atoms with Crippen molar-refractivity contribution in [2.24, 2.45) is 0 Å². The summed E-state index contributed by atoms with van der Waals surface area (Å²) < 4.78 is 6.37. The fourth-order valence-corrected chi connectivity index (χ4v) is 1.82. The summed E-state index contributed by atoms with van der Waals surface area (Å²) in [6.07, 6.45) is 2.59. The minimum atomic E-state index is 0.342. The van der Waals surface area contributed by atoms with E-state index in [0.29, 0.717) is 6.10 Å². The summed E-state index contributed by atoms with van der Waals surface area (Å²) >= 11 is 3.36. The zero-order valence-corrected chi connectivity index (χ0v) is 12.2. The molecule has 1 aromatic rings. The van der Waals surface area contributed by atoms with Crippen LogP contribution >= 0.6 is 15.9 Å². The van der Waals surface area contributed by atoms with Gasteiger partial charge in [0.1, 0.15) is 4.60 Å². The van der Waals surface area contributed by atoms with E-state index in [-0.39, 0.29) is 0 Å². The summed E-state index contributed by atoms with van der Waals surface area (Å²) in [5, 5.41) is 3.38. The van der Waals surface area contributed by atoms with Crippen molar-refractivity contribution in [3.8, 4) is 0 Å². The number of hydrogen-bond acceptors (Lipinski definition) is 3. The highest BCUT2D eigenvalue weighted by Crippen LogP contribution is 2.05. The van der Waals surface area contributed by atoms with Crippen LogP contribution in [0.1, 0.15) is 32.4 Å². The van der Waals surface area contributed by atoms with Crippen LogP contribution < -0.4 is 5.32 Å². The third-order valence-corrected chi connectivity index (χ3v) is 2.72. The van der Waals surface area contributed by atoms with Crippen molar-refractivity contribution in [1.29, 1.82) is 0 Å². The normalized spacial score (nSPS) is 11.1. The summed E-state index contributed by atoms with van der Waals surface area (Å²) in [5.41, 5.74) is 1.07. The smallest absolute Gasteiger partial charge is 0.106 e. The lowest BCUT2D eigenvalue weighted by Gasteiger charge is -2.07. The maximum Gasteiger partial charge on any atom is 0.106 e. The van der Waals surface area contributed by atoms with Gasteiger partial charge in [-0.15, -0.1) is 0 Å². The van der Waals surface area contributed by atoms with Gasteiger partial charge in [0.15, 0.2) is 0 Å². The van der Waals surface area contributed by atoms with Gasteiger partial charge in [-0.05, 0) is 61.3 Å². The summed E-state index contributed by atoms with van der Waals surface area (Å²) in [6.45, 7) is 6.82. The molecule has 96 valence electrons. The summed E-state index contributed by atoms with van der Waals surface area (Å²) in [7, 11) is 0. The van der Waals surface area contributed by atoms with Gasteiger partial charge in [0, 0.05) is 13.2 Å². The highest BCUT2D eigenvalue weighted by Gasteiger charge is 1.96. The lowest BCUT2D eigenvalue weighted by atomic mass is 10.3. The van der Waals surface area contributed by atoms with Crippen LogP contribution in [0.15, 0.2) is 22.8 Å². The SMILES string of the molecule is CC(C)OCCCCNCc1cccc(Br)n1. The maximum atomic E-state index is 5.48. The highest BCUT2D eigenvalue weighted by molar-refractivity contribution is 9.10. The van der Waals surface area contributed by atoms with E-state index in [0.717, 1.165) is 42.8 Å². The Balaban J connectivity index is 2.01. The monoisotopic (exact) mass is 300 g/mol. The zero-order chi connectivity index (χ0) is 12.5. The molecular formula is C13H21BrN2O. The van der Waals surface area contributed by atoms with E-state index in [9.17, 15) is 0 Å². The average molecular weight is 301 g/mol. The molecule has 0 aliphatic carbocycles. The molecule has 0 spiro atoms. The summed E-state index contributed by atoms with van der Waals surface area (Å²) in [5.74, 6) is 0. The summed E-state index contributed by atoms with van der Waals surface area (Å²) in [6, 6.07) is 5.97. The number of aromatic nitrogens is 1. The Kier molecular flexibility index (Phi) is 7.40. The van der Waals surface area contributed by atoms with Crippen LogP contribution in [0.25, 0.3) is 0 Å². The Hall–Kier alpha value is -0.450. The Morgan fingerprint density at radius 3 is 2.88 bits per heavy atom. The van der Waals surface area contributed by atoms with Gasteiger partial charge in [-0.3, -0.25) is 0 Å². The van der Waals surface area contributed by atoms with E-state index in [4.69, 9.17) is 4.74 Å². The van der Waals surface area contributed by atoms with Crippen LogP contribution in [0.3, 0.4) is 0 Å². The van der Waals surface area contributed by atoms with Crippen LogP contribution in [0.2, 0.25) is 0 Å². The van der Waals surface area contributed by atoms with Crippen molar-refractivity contribution in [3.63, 3.8) is 0 Å². The molecule has 1 aromatic heterocycles. The quantitative estimate of drug-likeness (QED) is 0.591. The lowest BCUT2D eigenvalue weighted by Crippen LogP contribution is -2.16. The highest BCUT2D eigenvalue weighted by atomic mass is 79.9. The van der Waals surface area contributed by atoms with Crippen LogP contribution in [0, 0.1) is 0 Å². The van der Waals surface area contributed by atoms with Crippen LogP contribution in [0.4, 0.5) is 0 Å². The number of unbranched alkanes of at least 4 members (excludes halogenated alkanes) is 1. The minimum Gasteiger partial charge on any atom is -0.379 e. The van der Waals surface area contributed by atoms with E-state index >= 15 is 0 Å². The number of halogens is 1. The number of hydrogen-bond donors (Lipinski definition) is 1. The van der Waals surface area contributed by atoms with Gasteiger partial charge in [-0.25, -0.2) is 4.98 Å². The molecule has 0 fully saturated rings. The Labute approximate surface area is 112 Å². The van der Waals surface area contributed by atoms with Crippen molar-refractivity contribution in [1.82, 2.24) is 10.3 Å². The van der Waals surface area contributed by atoms with Gasteiger partial charge >= 0.3 is 0 Å². The second-order valence-electron chi connectivity index (χ2n) is 4.26. The van der Waals surface area contributed by atoms with Gasteiger partial charge in [-0.1, -0.05) is 6.07 Å². The Bertz CT molecular complexity index is 318. The van der Waals surface area contributed by atoms with Crippen molar-refractivity contribution in [3.05, 3.63) is 28.5 Å². The van der Waals surface area contributed by atoms with E-state index in [1.165, 1.54) is 0 Å². The zero-order valence-electron chi connectivity index (χ0n) is 10.6. The van der Waals surface area contributed by atoms with E-state index in [1.54, 1.807) is 0 Å². The Morgan fingerprint density at radius 2 is 2.18 bits per heavy atom. The van der Waals surface area contributed by atoms with Gasteiger partial charge in [0.05, 0.1) is 11.8 Å². The van der Waals surface area contributed by atoms with Gasteiger partial charge < -0.3 is 10.1 Å². The largest absolute Gasteiger partial charge is 0.379 e. The van der Waals surface area contributed by atoms with Crippen molar-refractivity contribution in [2.75, 3.05) is 13.2 Å². The molecule has 0 aliphatic rings. The first-order valence-electron chi connectivity index (χ1n) is 6.12. The predicted octanol–water partition coefficient (Wildman–Crippen LogP) is 3.14.